The highest BCUT2D eigenvalue weighted by molar-refractivity contribution is 5.94. The van der Waals surface area contributed by atoms with Crippen LogP contribution in [0.2, 0.25) is 0 Å². The molecule has 9 nitrogen and oxygen atoms in total. The number of hydrogen-bond donors (Lipinski definition) is 5. The molecule has 1 aromatic rings. The summed E-state index contributed by atoms with van der Waals surface area (Å²) < 4.78 is 0. The Morgan fingerprint density at radius 1 is 1.35 bits per heavy atom. The SMILES string of the molecule is O=C(N[C@@H](CO)C(=O)O)c1cc(=O)[nH]c(=O)[nH]1. The topological polar surface area (TPSA) is 152 Å². The Labute approximate surface area is 93.1 Å². The Morgan fingerprint density at radius 2 is 2.00 bits per heavy atom. The van der Waals surface area contributed by atoms with E-state index in [1.54, 1.807) is 0 Å². The molecule has 1 atom stereocenters. The molecule has 0 unspecified atom stereocenters. The monoisotopic (exact) mass is 243 g/mol. The lowest BCUT2D eigenvalue weighted by Gasteiger charge is -2.10. The van der Waals surface area contributed by atoms with Gasteiger partial charge in [0.25, 0.3) is 11.5 Å². The molecule has 1 rings (SSSR count). The Hall–Kier alpha value is -2.42. The van der Waals surface area contributed by atoms with E-state index in [0.29, 0.717) is 0 Å². The molecule has 1 amide bonds. The number of aromatic amines is 2. The van der Waals surface area contributed by atoms with Gasteiger partial charge in [-0.1, -0.05) is 0 Å². The van der Waals surface area contributed by atoms with Crippen LogP contribution >= 0.6 is 0 Å². The first-order chi connectivity index (χ1) is 7.93. The van der Waals surface area contributed by atoms with E-state index in [1.165, 1.54) is 0 Å². The maximum absolute atomic E-state index is 11.4. The molecule has 0 aliphatic heterocycles. The van der Waals surface area contributed by atoms with Crippen LogP contribution in [0.25, 0.3) is 0 Å². The lowest BCUT2D eigenvalue weighted by Crippen LogP contribution is -2.44. The van der Waals surface area contributed by atoms with Gasteiger partial charge in [0.1, 0.15) is 5.69 Å². The smallest absolute Gasteiger partial charge is 0.328 e. The first-order valence-corrected chi connectivity index (χ1v) is 4.42. The number of aliphatic carboxylic acids is 1. The van der Waals surface area contributed by atoms with E-state index >= 15 is 0 Å². The minimum absolute atomic E-state index is 0.390. The van der Waals surface area contributed by atoms with Crippen LogP contribution in [0.15, 0.2) is 15.7 Å². The molecule has 17 heavy (non-hydrogen) atoms. The van der Waals surface area contributed by atoms with Gasteiger partial charge in [-0.2, -0.15) is 0 Å². The summed E-state index contributed by atoms with van der Waals surface area (Å²) in [7, 11) is 0. The second kappa shape index (κ2) is 5.07. The van der Waals surface area contributed by atoms with Crippen molar-refractivity contribution in [2.45, 2.75) is 6.04 Å². The lowest BCUT2D eigenvalue weighted by molar-refractivity contribution is -0.140. The molecule has 0 aliphatic rings. The Kier molecular flexibility index (Phi) is 3.78. The number of hydrogen-bond acceptors (Lipinski definition) is 5. The number of amides is 1. The van der Waals surface area contributed by atoms with Crippen molar-refractivity contribution in [3.63, 3.8) is 0 Å². The van der Waals surface area contributed by atoms with Gasteiger partial charge in [0.2, 0.25) is 0 Å². The summed E-state index contributed by atoms with van der Waals surface area (Å²) in [5.41, 5.74) is -2.08. The van der Waals surface area contributed by atoms with Crippen LogP contribution in [-0.4, -0.2) is 44.7 Å². The van der Waals surface area contributed by atoms with Crippen molar-refractivity contribution >= 4 is 11.9 Å². The minimum atomic E-state index is -1.51. The molecule has 0 radical (unpaired) electrons. The predicted molar refractivity (Wildman–Crippen MR) is 53.7 cm³/mol. The molecule has 0 aromatic carbocycles. The quantitative estimate of drug-likeness (QED) is 0.386. The summed E-state index contributed by atoms with van der Waals surface area (Å²) in [5.74, 6) is -2.41. The summed E-state index contributed by atoms with van der Waals surface area (Å²) in [4.78, 5) is 47.5. The highest BCUT2D eigenvalue weighted by atomic mass is 16.4. The van der Waals surface area contributed by atoms with Crippen molar-refractivity contribution in [1.29, 1.82) is 0 Å². The van der Waals surface area contributed by atoms with Crippen LogP contribution in [0.3, 0.4) is 0 Å². The molecular formula is C8H9N3O6. The van der Waals surface area contributed by atoms with E-state index < -0.39 is 41.5 Å². The molecule has 0 bridgehead atoms. The van der Waals surface area contributed by atoms with Gasteiger partial charge in [0.05, 0.1) is 6.61 Å². The highest BCUT2D eigenvalue weighted by Crippen LogP contribution is 1.89. The first-order valence-electron chi connectivity index (χ1n) is 4.42. The average molecular weight is 243 g/mol. The predicted octanol–water partition coefficient (Wildman–Crippen LogP) is -2.76. The van der Waals surface area contributed by atoms with Crippen LogP contribution in [0.1, 0.15) is 10.5 Å². The van der Waals surface area contributed by atoms with E-state index in [1.807, 2.05) is 15.3 Å². The van der Waals surface area contributed by atoms with Gasteiger partial charge < -0.3 is 20.5 Å². The number of nitrogens with one attached hydrogen (secondary N) is 3. The van der Waals surface area contributed by atoms with Crippen LogP contribution < -0.4 is 16.6 Å². The fourth-order valence-corrected chi connectivity index (χ4v) is 1.01. The average Bonchev–Trinajstić information content (AvgIpc) is 2.23. The third-order valence-corrected chi connectivity index (χ3v) is 1.79. The third kappa shape index (κ3) is 3.28. The minimum Gasteiger partial charge on any atom is -0.480 e. The van der Waals surface area contributed by atoms with Gasteiger partial charge in [-0.05, 0) is 0 Å². The summed E-state index contributed by atoms with van der Waals surface area (Å²) >= 11 is 0. The number of carbonyl (C=O) groups excluding carboxylic acids is 1. The number of rotatable bonds is 4. The molecular weight excluding hydrogens is 234 g/mol. The van der Waals surface area contributed by atoms with Crippen LogP contribution in [0.4, 0.5) is 0 Å². The van der Waals surface area contributed by atoms with Crippen molar-refractivity contribution in [2.24, 2.45) is 0 Å². The molecule has 0 fully saturated rings. The summed E-state index contributed by atoms with van der Waals surface area (Å²) in [6.07, 6.45) is 0. The standard InChI is InChI=1S/C8H9N3O6/c12-2-4(7(15)16)9-6(14)3-1-5(13)11-8(17)10-3/h1,4,12H,2H2,(H,9,14)(H,15,16)(H2,10,11,13,17)/t4-/m0/s1. The van der Waals surface area contributed by atoms with Crippen molar-refractivity contribution in [2.75, 3.05) is 6.61 Å². The highest BCUT2D eigenvalue weighted by Gasteiger charge is 2.20. The maximum atomic E-state index is 11.4. The summed E-state index contributed by atoms with van der Waals surface area (Å²) in [5, 5.41) is 19.2. The molecule has 5 N–H and O–H groups in total. The zero-order valence-corrected chi connectivity index (χ0v) is 8.39. The number of aliphatic hydroxyl groups excluding tert-OH is 1. The fourth-order valence-electron chi connectivity index (χ4n) is 1.01. The molecule has 0 saturated carbocycles. The molecule has 9 heteroatoms. The van der Waals surface area contributed by atoms with E-state index in [9.17, 15) is 19.2 Å². The second-order valence-corrected chi connectivity index (χ2v) is 3.05. The van der Waals surface area contributed by atoms with Gasteiger partial charge in [0, 0.05) is 6.07 Å². The number of aliphatic hydroxyl groups is 1. The zero-order valence-electron chi connectivity index (χ0n) is 8.39. The van der Waals surface area contributed by atoms with Crippen molar-refractivity contribution < 1.29 is 19.8 Å². The Morgan fingerprint density at radius 3 is 2.47 bits per heavy atom. The number of carboxylic acid groups (broad SMARTS) is 1. The normalized spacial score (nSPS) is 11.8. The first kappa shape index (κ1) is 12.6. The van der Waals surface area contributed by atoms with Gasteiger partial charge >= 0.3 is 11.7 Å². The van der Waals surface area contributed by atoms with Gasteiger partial charge in [-0.15, -0.1) is 0 Å². The van der Waals surface area contributed by atoms with Crippen LogP contribution in [0, 0.1) is 0 Å². The van der Waals surface area contributed by atoms with Crippen molar-refractivity contribution in [3.8, 4) is 0 Å². The molecule has 1 heterocycles. The van der Waals surface area contributed by atoms with Gasteiger partial charge in [0.15, 0.2) is 6.04 Å². The molecule has 1 aromatic heterocycles. The molecule has 0 saturated heterocycles. The summed E-state index contributed by atoms with van der Waals surface area (Å²) in [6.45, 7) is -0.811. The van der Waals surface area contributed by atoms with Gasteiger partial charge in [-0.3, -0.25) is 14.6 Å². The zero-order chi connectivity index (χ0) is 13.0. The van der Waals surface area contributed by atoms with E-state index in [2.05, 4.69) is 0 Å². The van der Waals surface area contributed by atoms with Crippen LogP contribution in [0.5, 0.6) is 0 Å². The number of aromatic nitrogens is 2. The van der Waals surface area contributed by atoms with Crippen molar-refractivity contribution in [1.82, 2.24) is 15.3 Å². The molecule has 0 spiro atoms. The maximum Gasteiger partial charge on any atom is 0.328 e. The Bertz CT molecular complexity index is 516. The summed E-state index contributed by atoms with van der Waals surface area (Å²) in [6, 6.07) is -0.710. The second-order valence-electron chi connectivity index (χ2n) is 3.05. The number of carbonyl (C=O) groups is 2. The van der Waals surface area contributed by atoms with E-state index in [0.717, 1.165) is 6.07 Å². The number of carboxylic acids is 1. The number of H-pyrrole nitrogens is 2. The molecule has 92 valence electrons. The Balaban J connectivity index is 2.93. The van der Waals surface area contributed by atoms with E-state index in [4.69, 9.17) is 10.2 Å². The third-order valence-electron chi connectivity index (χ3n) is 1.79. The molecule has 0 aliphatic carbocycles. The fraction of sp³-hybridized carbons (Fsp3) is 0.250. The largest absolute Gasteiger partial charge is 0.480 e. The van der Waals surface area contributed by atoms with Gasteiger partial charge in [-0.25, -0.2) is 9.59 Å². The van der Waals surface area contributed by atoms with Crippen molar-refractivity contribution in [3.05, 3.63) is 32.6 Å². The van der Waals surface area contributed by atoms with E-state index in [-0.39, 0.29) is 0 Å². The van der Waals surface area contributed by atoms with Crippen LogP contribution in [-0.2, 0) is 4.79 Å². The lowest BCUT2D eigenvalue weighted by atomic mass is 10.3.